The Kier molecular flexibility index (Phi) is 5.04. The van der Waals surface area contributed by atoms with Crippen LogP contribution in [0.5, 0.6) is 0 Å². The minimum Gasteiger partial charge on any atom is -0.467 e. The molecule has 1 amide bonds. The van der Waals surface area contributed by atoms with E-state index >= 15 is 0 Å². The van der Waals surface area contributed by atoms with E-state index in [4.69, 9.17) is 4.42 Å². The van der Waals surface area contributed by atoms with Crippen molar-refractivity contribution >= 4 is 11.6 Å². The minimum atomic E-state index is -0.124. The van der Waals surface area contributed by atoms with E-state index < -0.39 is 0 Å². The van der Waals surface area contributed by atoms with Crippen LogP contribution in [-0.4, -0.2) is 22.1 Å². The van der Waals surface area contributed by atoms with Gasteiger partial charge in [0.05, 0.1) is 24.1 Å². The molecule has 0 radical (unpaired) electrons. The Morgan fingerprint density at radius 1 is 1.16 bits per heavy atom. The second kappa shape index (κ2) is 8.14. The lowest BCUT2D eigenvalue weighted by Crippen LogP contribution is -2.30. The molecule has 2 aromatic carbocycles. The highest BCUT2D eigenvalue weighted by Crippen LogP contribution is 2.33. The first-order valence-electron chi connectivity index (χ1n) is 10.5. The zero-order chi connectivity index (χ0) is 21.2. The molecule has 156 valence electrons. The van der Waals surface area contributed by atoms with Gasteiger partial charge in [-0.3, -0.25) is 9.89 Å². The van der Waals surface area contributed by atoms with Crippen LogP contribution in [0.15, 0.2) is 77.5 Å². The van der Waals surface area contributed by atoms with Gasteiger partial charge < -0.3 is 14.6 Å². The lowest BCUT2D eigenvalue weighted by Gasteiger charge is -2.24. The number of furan rings is 1. The number of fused-ring (bicyclic) bond motifs is 1. The molecule has 2 aromatic heterocycles. The lowest BCUT2D eigenvalue weighted by molar-refractivity contribution is 0.0949. The van der Waals surface area contributed by atoms with Gasteiger partial charge in [-0.1, -0.05) is 42.5 Å². The fourth-order valence-electron chi connectivity index (χ4n) is 4.19. The van der Waals surface area contributed by atoms with Crippen LogP contribution in [0, 0.1) is 0 Å². The van der Waals surface area contributed by atoms with Crippen molar-refractivity contribution in [1.29, 1.82) is 0 Å². The second-order valence-electron chi connectivity index (χ2n) is 7.92. The third-order valence-corrected chi connectivity index (χ3v) is 5.87. The van der Waals surface area contributed by atoms with Gasteiger partial charge in [0.25, 0.3) is 5.91 Å². The minimum absolute atomic E-state index is 0.124. The first-order valence-corrected chi connectivity index (χ1v) is 10.5. The number of hydrogen-bond donors (Lipinski definition) is 2. The first kappa shape index (κ1) is 19.2. The van der Waals surface area contributed by atoms with Crippen LogP contribution in [0.3, 0.4) is 0 Å². The monoisotopic (exact) mass is 412 g/mol. The molecule has 1 aliphatic rings. The number of benzene rings is 2. The van der Waals surface area contributed by atoms with Gasteiger partial charge in [0, 0.05) is 24.5 Å². The van der Waals surface area contributed by atoms with Crippen molar-refractivity contribution in [3.05, 3.63) is 95.6 Å². The summed E-state index contributed by atoms with van der Waals surface area (Å²) in [5, 5.41) is 9.94. The van der Waals surface area contributed by atoms with Crippen molar-refractivity contribution in [1.82, 2.24) is 15.5 Å². The van der Waals surface area contributed by atoms with E-state index in [1.54, 1.807) is 18.5 Å². The van der Waals surface area contributed by atoms with E-state index in [1.807, 2.05) is 30.3 Å². The highest BCUT2D eigenvalue weighted by atomic mass is 16.3. The van der Waals surface area contributed by atoms with Crippen molar-refractivity contribution < 1.29 is 9.21 Å². The maximum atomic E-state index is 12.9. The topological polar surface area (TPSA) is 74.2 Å². The fraction of sp³-hybridized carbons (Fsp3) is 0.200. The lowest BCUT2D eigenvalue weighted by atomic mass is 10.1. The number of carbonyl (C=O) groups is 1. The third kappa shape index (κ3) is 3.84. The summed E-state index contributed by atoms with van der Waals surface area (Å²) in [5.74, 6) is 0.567. The molecule has 0 aliphatic carbocycles. The molecule has 0 bridgehead atoms. The predicted octanol–water partition coefficient (Wildman–Crippen LogP) is 4.55. The second-order valence-corrected chi connectivity index (χ2v) is 7.92. The molecular formula is C25H24N4O2. The standard InChI is InChI=1S/C25H24N4O2/c1-17-14-20-4-2-3-5-23(20)29(17)16-24-21(11-13-31-24)25(30)26-15-18-6-8-19(9-7-18)22-10-12-27-28-22/h2-13,17H,14-16H2,1H3,(H,26,30)(H,27,28). The van der Waals surface area contributed by atoms with E-state index in [2.05, 4.69) is 51.6 Å². The van der Waals surface area contributed by atoms with Crippen LogP contribution >= 0.6 is 0 Å². The third-order valence-electron chi connectivity index (χ3n) is 5.87. The normalized spacial score (nSPS) is 15.1. The Hall–Kier alpha value is -3.80. The van der Waals surface area contributed by atoms with E-state index in [0.717, 1.165) is 23.2 Å². The molecule has 0 saturated carbocycles. The smallest absolute Gasteiger partial charge is 0.255 e. The van der Waals surface area contributed by atoms with Gasteiger partial charge >= 0.3 is 0 Å². The van der Waals surface area contributed by atoms with E-state index in [9.17, 15) is 4.79 Å². The summed E-state index contributed by atoms with van der Waals surface area (Å²) in [4.78, 5) is 15.2. The molecule has 6 nitrogen and oxygen atoms in total. The number of para-hydroxylation sites is 1. The molecule has 4 aromatic rings. The van der Waals surface area contributed by atoms with Gasteiger partial charge in [0.1, 0.15) is 5.76 Å². The SMILES string of the molecule is CC1Cc2ccccc2N1Cc1occc1C(=O)NCc1ccc(-c2ccn[nH]2)cc1. The number of rotatable bonds is 6. The van der Waals surface area contributed by atoms with E-state index in [-0.39, 0.29) is 5.91 Å². The number of anilines is 1. The number of nitrogens with one attached hydrogen (secondary N) is 2. The summed E-state index contributed by atoms with van der Waals surface area (Å²) in [5.41, 5.74) is 6.21. The molecule has 0 saturated heterocycles. The highest BCUT2D eigenvalue weighted by molar-refractivity contribution is 5.95. The van der Waals surface area contributed by atoms with Crippen LogP contribution in [0.1, 0.15) is 34.2 Å². The number of aromatic amines is 1. The van der Waals surface area contributed by atoms with Gasteiger partial charge in [0.2, 0.25) is 0 Å². The van der Waals surface area contributed by atoms with Gasteiger partial charge in [0.15, 0.2) is 0 Å². The quantitative estimate of drug-likeness (QED) is 0.487. The molecule has 3 heterocycles. The predicted molar refractivity (Wildman–Crippen MR) is 120 cm³/mol. The summed E-state index contributed by atoms with van der Waals surface area (Å²) in [6.45, 7) is 3.23. The van der Waals surface area contributed by atoms with Crippen LogP contribution in [0.2, 0.25) is 0 Å². The fourth-order valence-corrected chi connectivity index (χ4v) is 4.19. The molecule has 31 heavy (non-hydrogen) atoms. The van der Waals surface area contributed by atoms with Crippen LogP contribution < -0.4 is 10.2 Å². The van der Waals surface area contributed by atoms with Gasteiger partial charge in [-0.2, -0.15) is 5.10 Å². The number of aromatic nitrogens is 2. The highest BCUT2D eigenvalue weighted by Gasteiger charge is 2.27. The van der Waals surface area contributed by atoms with Crippen LogP contribution in [-0.2, 0) is 19.5 Å². The average molecular weight is 412 g/mol. The van der Waals surface area contributed by atoms with E-state index in [1.165, 1.54) is 11.3 Å². The average Bonchev–Trinajstić information content (AvgIpc) is 3.54. The summed E-state index contributed by atoms with van der Waals surface area (Å²) in [7, 11) is 0. The molecule has 5 rings (SSSR count). The summed E-state index contributed by atoms with van der Waals surface area (Å²) < 4.78 is 5.71. The number of H-pyrrole nitrogens is 1. The van der Waals surface area contributed by atoms with Gasteiger partial charge in [-0.05, 0) is 48.2 Å². The van der Waals surface area contributed by atoms with E-state index in [0.29, 0.717) is 30.5 Å². The molecule has 0 fully saturated rings. The summed E-state index contributed by atoms with van der Waals surface area (Å²) in [6.07, 6.45) is 4.33. The molecule has 1 atom stereocenters. The first-order chi connectivity index (χ1) is 15.2. The van der Waals surface area contributed by atoms with Gasteiger partial charge in [-0.15, -0.1) is 0 Å². The maximum absolute atomic E-state index is 12.9. The Balaban J connectivity index is 1.25. The summed E-state index contributed by atoms with van der Waals surface area (Å²) >= 11 is 0. The molecule has 0 spiro atoms. The number of carbonyl (C=O) groups excluding carboxylic acids is 1. The van der Waals surface area contributed by atoms with Crippen molar-refractivity contribution in [2.75, 3.05) is 4.90 Å². The summed E-state index contributed by atoms with van der Waals surface area (Å²) in [6, 6.07) is 20.5. The molecule has 1 unspecified atom stereocenters. The zero-order valence-corrected chi connectivity index (χ0v) is 17.3. The molecule has 2 N–H and O–H groups in total. The van der Waals surface area contributed by atoms with Crippen molar-refractivity contribution in [3.8, 4) is 11.3 Å². The Labute approximate surface area is 180 Å². The molecule has 1 aliphatic heterocycles. The number of nitrogens with zero attached hydrogens (tertiary/aromatic N) is 2. The van der Waals surface area contributed by atoms with Crippen molar-refractivity contribution in [2.24, 2.45) is 0 Å². The molecule has 6 heteroatoms. The largest absolute Gasteiger partial charge is 0.467 e. The van der Waals surface area contributed by atoms with Gasteiger partial charge in [-0.25, -0.2) is 0 Å². The Morgan fingerprint density at radius 3 is 2.81 bits per heavy atom. The molecular weight excluding hydrogens is 388 g/mol. The number of amides is 1. The zero-order valence-electron chi connectivity index (χ0n) is 17.3. The van der Waals surface area contributed by atoms with Crippen LogP contribution in [0.4, 0.5) is 5.69 Å². The maximum Gasteiger partial charge on any atom is 0.255 e. The Morgan fingerprint density at radius 2 is 2.00 bits per heavy atom. The Bertz CT molecular complexity index is 1180. The van der Waals surface area contributed by atoms with Crippen LogP contribution in [0.25, 0.3) is 11.3 Å². The van der Waals surface area contributed by atoms with Crippen molar-refractivity contribution in [2.45, 2.75) is 32.5 Å². The number of hydrogen-bond acceptors (Lipinski definition) is 4. The van der Waals surface area contributed by atoms with Crippen molar-refractivity contribution in [3.63, 3.8) is 0 Å².